The molecule has 0 radical (unpaired) electrons. The summed E-state index contributed by atoms with van der Waals surface area (Å²) in [6.45, 7) is 1.62. The number of carbonyl (C=O) groups excluding carboxylic acids is 1. The summed E-state index contributed by atoms with van der Waals surface area (Å²) in [6.07, 6.45) is 0. The second kappa shape index (κ2) is 6.96. The summed E-state index contributed by atoms with van der Waals surface area (Å²) in [5.41, 5.74) is 2.25. The van der Waals surface area contributed by atoms with Gasteiger partial charge in [0.1, 0.15) is 5.76 Å². The van der Waals surface area contributed by atoms with Crippen LogP contribution in [0.3, 0.4) is 0 Å². The number of rotatable bonds is 3. The number of methoxy groups -OCH3 is 1. The fraction of sp³-hybridized carbons (Fsp3) is 0.190. The minimum absolute atomic E-state index is 0.0452. The molecule has 136 valence electrons. The summed E-state index contributed by atoms with van der Waals surface area (Å²) in [4.78, 5) is 10.8. The van der Waals surface area contributed by atoms with Crippen LogP contribution in [0.25, 0.3) is 22.3 Å². The maximum Gasteiger partial charge on any atom is 0.303 e. The Labute approximate surface area is 155 Å². The van der Waals surface area contributed by atoms with E-state index >= 15 is 0 Å². The highest BCUT2D eigenvalue weighted by molar-refractivity contribution is 5.89. The van der Waals surface area contributed by atoms with E-state index in [1.165, 1.54) is 6.92 Å². The Bertz CT molecular complexity index is 1080. The monoisotopic (exact) mass is 364 g/mol. The van der Waals surface area contributed by atoms with E-state index in [9.17, 15) is 4.79 Å². The zero-order valence-corrected chi connectivity index (χ0v) is 14.8. The normalized spacial score (nSPS) is 11.8. The van der Waals surface area contributed by atoms with Gasteiger partial charge in [0.05, 0.1) is 7.11 Å². The van der Waals surface area contributed by atoms with E-state index < -0.39 is 0 Å². The minimum Gasteiger partial charge on any atom is -0.493 e. The molecule has 2 aromatic carbocycles. The molecule has 1 aromatic heterocycles. The lowest BCUT2D eigenvalue weighted by Gasteiger charge is -2.02. The minimum atomic E-state index is -0.361. The second-order valence-electron chi connectivity index (χ2n) is 5.86. The Morgan fingerprint density at radius 3 is 2.81 bits per heavy atom. The largest absolute Gasteiger partial charge is 0.493 e. The average molecular weight is 364 g/mol. The van der Waals surface area contributed by atoms with Gasteiger partial charge >= 0.3 is 5.97 Å². The zero-order chi connectivity index (χ0) is 18.8. The molecule has 0 atom stereocenters. The van der Waals surface area contributed by atoms with Crippen molar-refractivity contribution in [1.82, 2.24) is 0 Å². The number of ether oxygens (including phenoxy) is 4. The molecule has 0 saturated carbocycles. The Hall–Kier alpha value is -3.59. The van der Waals surface area contributed by atoms with Gasteiger partial charge in [-0.15, -0.1) is 0 Å². The Morgan fingerprint density at radius 2 is 2.00 bits per heavy atom. The third-order valence-electron chi connectivity index (χ3n) is 4.04. The van der Waals surface area contributed by atoms with E-state index in [4.69, 9.17) is 23.4 Å². The number of benzene rings is 2. The van der Waals surface area contributed by atoms with E-state index in [0.717, 1.165) is 22.3 Å². The number of esters is 1. The van der Waals surface area contributed by atoms with Crippen LogP contribution in [-0.4, -0.2) is 26.5 Å². The molecule has 0 bridgehead atoms. The molecular formula is C21H16O6. The van der Waals surface area contributed by atoms with Gasteiger partial charge in [-0.1, -0.05) is 11.8 Å². The van der Waals surface area contributed by atoms with Crippen LogP contribution >= 0.6 is 0 Å². The van der Waals surface area contributed by atoms with Gasteiger partial charge in [-0.25, -0.2) is 0 Å². The number of carbonyl (C=O) groups is 1. The molecule has 6 heteroatoms. The smallest absolute Gasteiger partial charge is 0.303 e. The fourth-order valence-corrected chi connectivity index (χ4v) is 2.81. The first-order valence-electron chi connectivity index (χ1n) is 8.28. The maximum absolute atomic E-state index is 10.8. The van der Waals surface area contributed by atoms with Gasteiger partial charge in [0.2, 0.25) is 6.79 Å². The molecule has 6 nitrogen and oxygen atoms in total. The van der Waals surface area contributed by atoms with Gasteiger partial charge in [-0.05, 0) is 36.4 Å². The van der Waals surface area contributed by atoms with Gasteiger partial charge in [-0.2, -0.15) is 0 Å². The van der Waals surface area contributed by atoms with Crippen molar-refractivity contribution in [2.45, 2.75) is 6.92 Å². The van der Waals surface area contributed by atoms with Crippen molar-refractivity contribution in [3.05, 3.63) is 42.0 Å². The molecule has 0 unspecified atom stereocenters. The topological polar surface area (TPSA) is 67.1 Å². The SMILES string of the molecule is COc1cc(C#CCOC(C)=O)cc2cc(-c3ccc4c(c3)OCO4)oc12. The number of fused-ring (bicyclic) bond motifs is 2. The Morgan fingerprint density at radius 1 is 1.15 bits per heavy atom. The summed E-state index contributed by atoms with van der Waals surface area (Å²) < 4.78 is 27.0. The van der Waals surface area contributed by atoms with E-state index in [1.54, 1.807) is 13.2 Å². The molecular weight excluding hydrogens is 348 g/mol. The predicted molar refractivity (Wildman–Crippen MR) is 97.8 cm³/mol. The molecule has 0 amide bonds. The second-order valence-corrected chi connectivity index (χ2v) is 5.86. The van der Waals surface area contributed by atoms with Crippen molar-refractivity contribution in [2.24, 2.45) is 0 Å². The van der Waals surface area contributed by atoms with Crippen LogP contribution in [0.2, 0.25) is 0 Å². The molecule has 0 N–H and O–H groups in total. The molecule has 2 heterocycles. The van der Waals surface area contributed by atoms with Crippen molar-refractivity contribution in [2.75, 3.05) is 20.5 Å². The van der Waals surface area contributed by atoms with Crippen LogP contribution in [-0.2, 0) is 9.53 Å². The lowest BCUT2D eigenvalue weighted by molar-refractivity contribution is -0.139. The summed E-state index contributed by atoms with van der Waals surface area (Å²) in [5.74, 6) is 8.09. The highest BCUT2D eigenvalue weighted by Crippen LogP contribution is 2.39. The summed E-state index contributed by atoms with van der Waals surface area (Å²) in [7, 11) is 1.58. The van der Waals surface area contributed by atoms with Crippen molar-refractivity contribution < 1.29 is 28.2 Å². The maximum atomic E-state index is 10.8. The Kier molecular flexibility index (Phi) is 4.35. The van der Waals surface area contributed by atoms with Gasteiger partial charge < -0.3 is 23.4 Å². The van der Waals surface area contributed by atoms with Gasteiger partial charge in [0.25, 0.3) is 0 Å². The standard InChI is InChI=1S/C21H16O6/c1-13(22)24-7-3-4-14-8-16-11-18(27-21(16)20(9-14)23-2)15-5-6-17-19(10-15)26-12-25-17/h5-6,8-11H,7,12H2,1-2H3. The molecule has 4 rings (SSSR count). The van der Waals surface area contributed by atoms with Crippen molar-refractivity contribution in [3.8, 4) is 40.4 Å². The van der Waals surface area contributed by atoms with Crippen LogP contribution in [0.1, 0.15) is 12.5 Å². The van der Waals surface area contributed by atoms with Crippen LogP contribution in [0.5, 0.6) is 17.2 Å². The average Bonchev–Trinajstić information content (AvgIpc) is 3.30. The lowest BCUT2D eigenvalue weighted by atomic mass is 10.1. The third-order valence-corrected chi connectivity index (χ3v) is 4.04. The summed E-state index contributed by atoms with van der Waals surface area (Å²) in [5, 5.41) is 0.860. The quantitative estimate of drug-likeness (QED) is 0.521. The van der Waals surface area contributed by atoms with Crippen molar-refractivity contribution >= 4 is 16.9 Å². The fourth-order valence-electron chi connectivity index (χ4n) is 2.81. The van der Waals surface area contributed by atoms with Crippen molar-refractivity contribution in [1.29, 1.82) is 0 Å². The highest BCUT2D eigenvalue weighted by Gasteiger charge is 2.17. The molecule has 1 aliphatic heterocycles. The number of hydrogen-bond donors (Lipinski definition) is 0. The highest BCUT2D eigenvalue weighted by atomic mass is 16.7. The molecule has 0 aliphatic carbocycles. The van der Waals surface area contributed by atoms with Gasteiger partial charge in [-0.3, -0.25) is 4.79 Å². The first kappa shape index (κ1) is 16.9. The van der Waals surface area contributed by atoms with E-state index in [2.05, 4.69) is 11.8 Å². The summed E-state index contributed by atoms with van der Waals surface area (Å²) in [6, 6.07) is 11.3. The molecule has 3 aromatic rings. The zero-order valence-electron chi connectivity index (χ0n) is 14.8. The van der Waals surface area contributed by atoms with Crippen molar-refractivity contribution in [3.63, 3.8) is 0 Å². The molecule has 0 spiro atoms. The van der Waals surface area contributed by atoms with Crippen LogP contribution in [0.15, 0.2) is 40.8 Å². The Balaban J connectivity index is 1.70. The summed E-state index contributed by atoms with van der Waals surface area (Å²) >= 11 is 0. The number of furan rings is 1. The number of hydrogen-bond acceptors (Lipinski definition) is 6. The van der Waals surface area contributed by atoms with Gasteiger partial charge in [0, 0.05) is 23.4 Å². The third kappa shape index (κ3) is 3.40. The van der Waals surface area contributed by atoms with Gasteiger partial charge in [0.15, 0.2) is 29.4 Å². The van der Waals surface area contributed by atoms with E-state index in [0.29, 0.717) is 22.8 Å². The molecule has 0 fully saturated rings. The molecule has 1 aliphatic rings. The lowest BCUT2D eigenvalue weighted by Crippen LogP contribution is -1.97. The first-order valence-corrected chi connectivity index (χ1v) is 8.28. The van der Waals surface area contributed by atoms with Crippen LogP contribution in [0, 0.1) is 11.8 Å². The van der Waals surface area contributed by atoms with Crippen LogP contribution in [0.4, 0.5) is 0 Å². The predicted octanol–water partition coefficient (Wildman–Crippen LogP) is 3.75. The first-order chi connectivity index (χ1) is 13.1. The van der Waals surface area contributed by atoms with E-state index in [-0.39, 0.29) is 19.4 Å². The molecule has 27 heavy (non-hydrogen) atoms. The van der Waals surface area contributed by atoms with E-state index in [1.807, 2.05) is 30.3 Å². The molecule has 0 saturated heterocycles. The van der Waals surface area contributed by atoms with Crippen LogP contribution < -0.4 is 14.2 Å².